The molecule has 1 aliphatic rings. The molecule has 1 aliphatic heterocycles. The predicted octanol–water partition coefficient (Wildman–Crippen LogP) is 1.03. The Morgan fingerprint density at radius 1 is 1.00 bits per heavy atom. The van der Waals surface area contributed by atoms with Gasteiger partial charge in [-0.15, -0.1) is 0 Å². The minimum atomic E-state index is -1.87. The highest BCUT2D eigenvalue weighted by Gasteiger charge is 2.41. The second-order valence-electron chi connectivity index (χ2n) is 7.92. The molecule has 0 aromatic rings. The number of thiocarbonyl (C=S) groups is 1. The van der Waals surface area contributed by atoms with Gasteiger partial charge in [0.2, 0.25) is 6.10 Å². The van der Waals surface area contributed by atoms with Gasteiger partial charge < -0.3 is 29.0 Å². The molecule has 0 bridgehead atoms. The van der Waals surface area contributed by atoms with E-state index in [1.54, 1.807) is 46.4 Å². The molecule has 1 saturated heterocycles. The van der Waals surface area contributed by atoms with Crippen LogP contribution in [0.25, 0.3) is 0 Å². The number of carbonyl (C=O) groups excluding carboxylic acids is 2. The number of aliphatic hydroxyl groups is 1. The summed E-state index contributed by atoms with van der Waals surface area (Å²) >= 11 is 5.20. The van der Waals surface area contributed by atoms with Crippen molar-refractivity contribution in [1.82, 2.24) is 4.90 Å². The molecule has 9 heteroatoms. The molecular formula is C17H29NO7S. The molecule has 1 heterocycles. The fourth-order valence-corrected chi connectivity index (χ4v) is 2.30. The summed E-state index contributed by atoms with van der Waals surface area (Å²) in [5, 5.41) is 10.3. The zero-order valence-electron chi connectivity index (χ0n) is 16.2. The van der Waals surface area contributed by atoms with Crippen molar-refractivity contribution in [2.24, 2.45) is 0 Å². The zero-order chi connectivity index (χ0) is 20.1. The van der Waals surface area contributed by atoms with Crippen LogP contribution in [0, 0.1) is 0 Å². The Bertz CT molecular complexity index is 518. The van der Waals surface area contributed by atoms with E-state index in [2.05, 4.69) is 0 Å². The Hall–Kier alpha value is -1.45. The van der Waals surface area contributed by atoms with E-state index in [-0.39, 0.29) is 5.17 Å². The summed E-state index contributed by atoms with van der Waals surface area (Å²) in [5.74, 6) is -1.88. The maximum absolute atomic E-state index is 12.5. The van der Waals surface area contributed by atoms with Gasteiger partial charge in [0.05, 0.1) is 13.2 Å². The number of aliphatic hydroxyl groups excluding tert-OH is 1. The number of carbonyl (C=O) groups is 2. The standard InChI is InChI=1S/C17H29NO7S/c1-16(2,3)24-13(20)11(19)12(14(21)25-17(4,5)6)23-15(26)18-7-9-22-10-8-18/h11-12,19H,7-10H2,1-6H3/t11-,12-/m1/s1. The summed E-state index contributed by atoms with van der Waals surface area (Å²) in [6.07, 6.45) is -3.50. The summed E-state index contributed by atoms with van der Waals surface area (Å²) < 4.78 is 21.1. The molecule has 26 heavy (non-hydrogen) atoms. The largest absolute Gasteiger partial charge is 0.458 e. The number of nitrogens with zero attached hydrogens (tertiary/aromatic N) is 1. The summed E-state index contributed by atoms with van der Waals surface area (Å²) in [5.41, 5.74) is -1.66. The summed E-state index contributed by atoms with van der Waals surface area (Å²) in [4.78, 5) is 26.4. The van der Waals surface area contributed by atoms with Gasteiger partial charge >= 0.3 is 11.9 Å². The molecule has 0 amide bonds. The molecule has 0 aliphatic carbocycles. The molecule has 8 nitrogen and oxygen atoms in total. The zero-order valence-corrected chi connectivity index (χ0v) is 17.1. The number of hydrogen-bond donors (Lipinski definition) is 1. The maximum atomic E-state index is 12.5. The van der Waals surface area contributed by atoms with E-state index in [4.69, 9.17) is 31.2 Å². The van der Waals surface area contributed by atoms with E-state index in [9.17, 15) is 14.7 Å². The first-order valence-corrected chi connectivity index (χ1v) is 8.88. The maximum Gasteiger partial charge on any atom is 0.351 e. The van der Waals surface area contributed by atoms with E-state index >= 15 is 0 Å². The minimum Gasteiger partial charge on any atom is -0.458 e. The Labute approximate surface area is 159 Å². The number of hydrogen-bond acceptors (Lipinski definition) is 8. The lowest BCUT2D eigenvalue weighted by Crippen LogP contribution is -2.50. The Kier molecular flexibility index (Phi) is 7.79. The van der Waals surface area contributed by atoms with Crippen LogP contribution in [0.15, 0.2) is 0 Å². The molecule has 0 radical (unpaired) electrons. The monoisotopic (exact) mass is 391 g/mol. The molecule has 1 rings (SSSR count). The Balaban J connectivity index is 2.91. The average Bonchev–Trinajstić information content (AvgIpc) is 2.49. The van der Waals surface area contributed by atoms with E-state index in [0.717, 1.165) is 0 Å². The van der Waals surface area contributed by atoms with Gasteiger partial charge in [-0.1, -0.05) is 0 Å². The quantitative estimate of drug-likeness (QED) is 0.557. The van der Waals surface area contributed by atoms with Gasteiger partial charge in [-0.2, -0.15) is 0 Å². The third kappa shape index (κ3) is 7.84. The highest BCUT2D eigenvalue weighted by Crippen LogP contribution is 2.17. The van der Waals surface area contributed by atoms with Crippen LogP contribution in [0.1, 0.15) is 41.5 Å². The predicted molar refractivity (Wildman–Crippen MR) is 97.6 cm³/mol. The van der Waals surface area contributed by atoms with Gasteiger partial charge in [0.1, 0.15) is 11.2 Å². The van der Waals surface area contributed by atoms with Crippen LogP contribution in [-0.2, 0) is 28.5 Å². The second-order valence-corrected chi connectivity index (χ2v) is 8.26. The SMILES string of the molecule is CC(C)(C)OC(=O)[C@H](O)[C@@H](OC(=S)N1CCOCC1)C(=O)OC(C)(C)C. The van der Waals surface area contributed by atoms with Crippen LogP contribution in [0.5, 0.6) is 0 Å². The van der Waals surface area contributed by atoms with Gasteiger partial charge in [-0.05, 0) is 53.8 Å². The molecule has 0 aromatic carbocycles. The average molecular weight is 391 g/mol. The summed E-state index contributed by atoms with van der Waals surface area (Å²) in [7, 11) is 0. The molecule has 2 atom stereocenters. The molecule has 0 spiro atoms. The first kappa shape index (κ1) is 22.6. The number of morpholine rings is 1. The van der Waals surface area contributed by atoms with Crippen molar-refractivity contribution in [1.29, 1.82) is 0 Å². The smallest absolute Gasteiger partial charge is 0.351 e. The normalized spacial score (nSPS) is 17.9. The van der Waals surface area contributed by atoms with E-state index in [1.807, 2.05) is 0 Å². The molecule has 0 unspecified atom stereocenters. The van der Waals surface area contributed by atoms with Crippen LogP contribution < -0.4 is 0 Å². The van der Waals surface area contributed by atoms with Crippen molar-refractivity contribution in [3.8, 4) is 0 Å². The van der Waals surface area contributed by atoms with Crippen molar-refractivity contribution in [3.63, 3.8) is 0 Å². The van der Waals surface area contributed by atoms with E-state index in [1.165, 1.54) is 0 Å². The first-order valence-electron chi connectivity index (χ1n) is 8.47. The second kappa shape index (κ2) is 8.96. The highest BCUT2D eigenvalue weighted by atomic mass is 32.1. The third-order valence-corrected chi connectivity index (χ3v) is 3.43. The van der Waals surface area contributed by atoms with Crippen LogP contribution >= 0.6 is 12.2 Å². The van der Waals surface area contributed by atoms with Crippen LogP contribution in [0.3, 0.4) is 0 Å². The third-order valence-electron chi connectivity index (χ3n) is 3.07. The molecule has 0 saturated carbocycles. The Morgan fingerprint density at radius 2 is 1.46 bits per heavy atom. The van der Waals surface area contributed by atoms with Gasteiger partial charge in [0.15, 0.2) is 6.10 Å². The minimum absolute atomic E-state index is 0.00762. The van der Waals surface area contributed by atoms with Crippen LogP contribution in [-0.4, -0.2) is 76.8 Å². The lowest BCUT2D eigenvalue weighted by molar-refractivity contribution is -0.184. The van der Waals surface area contributed by atoms with Crippen molar-refractivity contribution >= 4 is 29.3 Å². The Morgan fingerprint density at radius 3 is 1.92 bits per heavy atom. The molecular weight excluding hydrogens is 362 g/mol. The van der Waals surface area contributed by atoms with Crippen LogP contribution in [0.2, 0.25) is 0 Å². The fourth-order valence-electron chi connectivity index (χ4n) is 2.02. The summed E-state index contributed by atoms with van der Waals surface area (Å²) in [6.45, 7) is 11.9. The van der Waals surface area contributed by atoms with E-state index in [0.29, 0.717) is 26.3 Å². The number of esters is 2. The molecule has 0 aromatic heterocycles. The number of ether oxygens (including phenoxy) is 4. The van der Waals surface area contributed by atoms with Gasteiger partial charge in [-0.25, -0.2) is 9.59 Å². The molecule has 1 fully saturated rings. The van der Waals surface area contributed by atoms with Crippen molar-refractivity contribution in [2.45, 2.75) is 65.0 Å². The van der Waals surface area contributed by atoms with Crippen LogP contribution in [0.4, 0.5) is 0 Å². The topological polar surface area (TPSA) is 94.5 Å². The van der Waals surface area contributed by atoms with Crippen molar-refractivity contribution in [2.75, 3.05) is 26.3 Å². The van der Waals surface area contributed by atoms with Gasteiger partial charge in [0.25, 0.3) is 5.17 Å². The highest BCUT2D eigenvalue weighted by molar-refractivity contribution is 7.80. The number of rotatable bonds is 4. The van der Waals surface area contributed by atoms with E-state index < -0.39 is 35.3 Å². The lowest BCUT2D eigenvalue weighted by Gasteiger charge is -2.32. The molecule has 150 valence electrons. The summed E-state index contributed by atoms with van der Waals surface area (Å²) in [6, 6.07) is 0. The fraction of sp³-hybridized carbons (Fsp3) is 0.824. The van der Waals surface area contributed by atoms with Gasteiger partial charge in [-0.3, -0.25) is 0 Å². The van der Waals surface area contributed by atoms with Crippen molar-refractivity contribution < 1.29 is 33.6 Å². The molecule has 1 N–H and O–H groups in total. The first-order chi connectivity index (χ1) is 11.8. The van der Waals surface area contributed by atoms with Crippen molar-refractivity contribution in [3.05, 3.63) is 0 Å². The van der Waals surface area contributed by atoms with Gasteiger partial charge in [0, 0.05) is 13.1 Å². The lowest BCUT2D eigenvalue weighted by atomic mass is 10.1.